The zero-order valence-electron chi connectivity index (χ0n) is 14.7. The molecule has 2 aromatic rings. The lowest BCUT2D eigenvalue weighted by Gasteiger charge is -2.36. The number of carbonyl (C=O) groups excluding carboxylic acids is 1. The second-order valence-electron chi connectivity index (χ2n) is 7.34. The molecular formula is C22H25NO2. The van der Waals surface area contributed by atoms with Gasteiger partial charge < -0.3 is 9.64 Å². The van der Waals surface area contributed by atoms with Gasteiger partial charge in [-0.3, -0.25) is 4.79 Å². The summed E-state index contributed by atoms with van der Waals surface area (Å²) in [5.74, 6) is -0.467. The van der Waals surface area contributed by atoms with Crippen molar-refractivity contribution in [1.29, 1.82) is 0 Å². The molecule has 0 amide bonds. The van der Waals surface area contributed by atoms with Crippen molar-refractivity contribution < 1.29 is 9.53 Å². The minimum absolute atomic E-state index is 0.0520. The monoisotopic (exact) mass is 335 g/mol. The summed E-state index contributed by atoms with van der Waals surface area (Å²) in [7, 11) is 2.21. The van der Waals surface area contributed by atoms with Gasteiger partial charge in [0.15, 0.2) is 0 Å². The van der Waals surface area contributed by atoms with E-state index in [2.05, 4.69) is 11.9 Å². The van der Waals surface area contributed by atoms with E-state index >= 15 is 0 Å². The van der Waals surface area contributed by atoms with Crippen LogP contribution >= 0.6 is 0 Å². The fraction of sp³-hybridized carbons (Fsp3) is 0.409. The second-order valence-corrected chi connectivity index (χ2v) is 7.34. The summed E-state index contributed by atoms with van der Waals surface area (Å²) >= 11 is 0. The van der Waals surface area contributed by atoms with Gasteiger partial charge in [-0.2, -0.15) is 0 Å². The highest BCUT2D eigenvalue weighted by Gasteiger charge is 2.40. The molecule has 2 aromatic carbocycles. The molecule has 0 saturated carbocycles. The molecule has 130 valence electrons. The fourth-order valence-electron chi connectivity index (χ4n) is 4.45. The molecule has 2 atom stereocenters. The van der Waals surface area contributed by atoms with Gasteiger partial charge in [0.1, 0.15) is 12.0 Å². The van der Waals surface area contributed by atoms with Crippen LogP contribution in [0.1, 0.15) is 42.7 Å². The third-order valence-corrected chi connectivity index (χ3v) is 5.84. The smallest absolute Gasteiger partial charge is 0.318 e. The number of fused-ring (bicyclic) bond motifs is 2. The molecule has 0 spiro atoms. The number of piperidine rings is 1. The minimum Gasteiger partial charge on any atom is -0.462 e. The van der Waals surface area contributed by atoms with Crippen LogP contribution in [0.15, 0.2) is 60.7 Å². The van der Waals surface area contributed by atoms with Gasteiger partial charge in [0.25, 0.3) is 0 Å². The number of ether oxygens (including phenoxy) is 1. The summed E-state index contributed by atoms with van der Waals surface area (Å²) in [5.41, 5.74) is 1.99. The summed E-state index contributed by atoms with van der Waals surface area (Å²) in [5, 5.41) is 0. The van der Waals surface area contributed by atoms with E-state index in [1.54, 1.807) is 0 Å². The third kappa shape index (κ3) is 3.34. The third-order valence-electron chi connectivity index (χ3n) is 5.84. The predicted octanol–water partition coefficient (Wildman–Crippen LogP) is 3.99. The van der Waals surface area contributed by atoms with Crippen LogP contribution in [-0.2, 0) is 9.53 Å². The molecule has 0 aromatic heterocycles. The highest BCUT2D eigenvalue weighted by molar-refractivity contribution is 5.82. The van der Waals surface area contributed by atoms with Gasteiger partial charge in [-0.1, -0.05) is 60.7 Å². The lowest BCUT2D eigenvalue weighted by atomic mass is 9.91. The maximum atomic E-state index is 13.1. The Balaban J connectivity index is 1.55. The van der Waals surface area contributed by atoms with Crippen molar-refractivity contribution in [2.75, 3.05) is 7.05 Å². The van der Waals surface area contributed by atoms with Gasteiger partial charge in [-0.05, 0) is 43.9 Å². The summed E-state index contributed by atoms with van der Waals surface area (Å²) in [4.78, 5) is 15.6. The first-order valence-corrected chi connectivity index (χ1v) is 9.24. The lowest BCUT2D eigenvalue weighted by molar-refractivity contribution is -0.153. The van der Waals surface area contributed by atoms with Gasteiger partial charge in [0, 0.05) is 12.1 Å². The molecule has 0 aliphatic carbocycles. The van der Waals surface area contributed by atoms with Crippen molar-refractivity contribution in [2.24, 2.45) is 0 Å². The summed E-state index contributed by atoms with van der Waals surface area (Å²) in [6.07, 6.45) is 4.45. The van der Waals surface area contributed by atoms with E-state index < -0.39 is 0 Å². The van der Waals surface area contributed by atoms with Gasteiger partial charge in [0.05, 0.1) is 0 Å². The van der Waals surface area contributed by atoms with E-state index in [0.29, 0.717) is 12.1 Å². The number of hydrogen-bond donors (Lipinski definition) is 0. The highest BCUT2D eigenvalue weighted by atomic mass is 16.5. The van der Waals surface area contributed by atoms with E-state index in [1.807, 2.05) is 60.7 Å². The van der Waals surface area contributed by atoms with Crippen molar-refractivity contribution >= 4 is 5.97 Å². The highest BCUT2D eigenvalue weighted by Crippen LogP contribution is 2.36. The molecule has 25 heavy (non-hydrogen) atoms. The second kappa shape index (κ2) is 7.01. The molecule has 4 rings (SSSR count). The zero-order chi connectivity index (χ0) is 17.2. The van der Waals surface area contributed by atoms with Crippen molar-refractivity contribution in [2.45, 2.75) is 49.8 Å². The lowest BCUT2D eigenvalue weighted by Crippen LogP contribution is -2.43. The van der Waals surface area contributed by atoms with Crippen LogP contribution in [0.5, 0.6) is 0 Å². The Hall–Kier alpha value is -2.13. The van der Waals surface area contributed by atoms with Crippen LogP contribution in [-0.4, -0.2) is 36.1 Å². The van der Waals surface area contributed by atoms with E-state index in [9.17, 15) is 4.79 Å². The normalized spacial score (nSPS) is 25.9. The first-order valence-electron chi connectivity index (χ1n) is 9.24. The Bertz CT molecular complexity index is 662. The molecule has 2 aliphatic rings. The topological polar surface area (TPSA) is 29.5 Å². The van der Waals surface area contributed by atoms with Crippen LogP contribution in [0, 0.1) is 0 Å². The average Bonchev–Trinajstić information content (AvgIpc) is 2.84. The number of carbonyl (C=O) groups is 1. The van der Waals surface area contributed by atoms with Crippen molar-refractivity contribution in [3.8, 4) is 0 Å². The quantitative estimate of drug-likeness (QED) is 0.791. The molecule has 2 bridgehead atoms. The first-order chi connectivity index (χ1) is 12.2. The number of esters is 1. The van der Waals surface area contributed by atoms with E-state index in [1.165, 1.54) is 12.8 Å². The molecular weight excluding hydrogens is 310 g/mol. The van der Waals surface area contributed by atoms with Crippen molar-refractivity contribution in [1.82, 2.24) is 4.90 Å². The molecule has 0 radical (unpaired) electrons. The van der Waals surface area contributed by atoms with E-state index in [0.717, 1.165) is 24.0 Å². The molecule has 3 nitrogen and oxygen atoms in total. The van der Waals surface area contributed by atoms with E-state index in [-0.39, 0.29) is 18.0 Å². The largest absolute Gasteiger partial charge is 0.462 e. The summed E-state index contributed by atoms with van der Waals surface area (Å²) < 4.78 is 6.03. The fourth-order valence-corrected chi connectivity index (χ4v) is 4.45. The SMILES string of the molecule is CN1[C@H]2CC[C@H]1CC(OC(=O)C(c1ccccc1)c1ccccc1)C2. The Kier molecular flexibility index (Phi) is 4.58. The zero-order valence-corrected chi connectivity index (χ0v) is 14.7. The molecule has 2 heterocycles. The summed E-state index contributed by atoms with van der Waals surface area (Å²) in [6, 6.07) is 21.1. The Morgan fingerprint density at radius 3 is 1.88 bits per heavy atom. The van der Waals surface area contributed by atoms with Crippen LogP contribution in [0.4, 0.5) is 0 Å². The Labute approximate surface area is 149 Å². The summed E-state index contributed by atoms with van der Waals surface area (Å²) in [6.45, 7) is 0. The van der Waals surface area contributed by atoms with Gasteiger partial charge in [-0.25, -0.2) is 0 Å². The molecule has 3 heteroatoms. The molecule has 0 N–H and O–H groups in total. The maximum absolute atomic E-state index is 13.1. The van der Waals surface area contributed by atoms with Crippen molar-refractivity contribution in [3.63, 3.8) is 0 Å². The van der Waals surface area contributed by atoms with Gasteiger partial charge >= 0.3 is 5.97 Å². The Morgan fingerprint density at radius 1 is 0.920 bits per heavy atom. The molecule has 0 unspecified atom stereocenters. The minimum atomic E-state index is -0.347. The van der Waals surface area contributed by atoms with E-state index in [4.69, 9.17) is 4.74 Å². The van der Waals surface area contributed by atoms with Crippen LogP contribution < -0.4 is 0 Å². The van der Waals surface area contributed by atoms with Crippen molar-refractivity contribution in [3.05, 3.63) is 71.8 Å². The van der Waals surface area contributed by atoms with Gasteiger partial charge in [-0.15, -0.1) is 0 Å². The van der Waals surface area contributed by atoms with Crippen LogP contribution in [0.3, 0.4) is 0 Å². The average molecular weight is 335 g/mol. The molecule has 2 aliphatic heterocycles. The number of nitrogens with zero attached hydrogens (tertiary/aromatic N) is 1. The molecule has 2 fully saturated rings. The van der Waals surface area contributed by atoms with Gasteiger partial charge in [0.2, 0.25) is 0 Å². The number of rotatable bonds is 4. The number of hydrogen-bond acceptors (Lipinski definition) is 3. The maximum Gasteiger partial charge on any atom is 0.318 e. The predicted molar refractivity (Wildman–Crippen MR) is 98.4 cm³/mol. The first kappa shape index (κ1) is 16.3. The standard InChI is InChI=1S/C22H25NO2/c1-23-18-12-13-19(23)15-20(14-18)25-22(24)21(16-8-4-2-5-9-16)17-10-6-3-7-11-17/h2-11,18-21H,12-15H2,1H3/t18-,19-/m0/s1. The Morgan fingerprint density at radius 2 is 1.40 bits per heavy atom. The van der Waals surface area contributed by atoms with Crippen LogP contribution in [0.25, 0.3) is 0 Å². The molecule has 2 saturated heterocycles. The number of benzene rings is 2. The van der Waals surface area contributed by atoms with Crippen LogP contribution in [0.2, 0.25) is 0 Å².